The Morgan fingerprint density at radius 1 is 1.42 bits per heavy atom. The van der Waals surface area contributed by atoms with E-state index < -0.39 is 11.9 Å². The van der Waals surface area contributed by atoms with Gasteiger partial charge in [0.25, 0.3) is 0 Å². The Labute approximate surface area is 193 Å². The highest BCUT2D eigenvalue weighted by Gasteiger charge is 2.43. The van der Waals surface area contributed by atoms with Gasteiger partial charge in [0.1, 0.15) is 18.4 Å². The highest BCUT2D eigenvalue weighted by atomic mass is 19.1. The molecule has 2 saturated heterocycles. The molecule has 0 aliphatic carbocycles. The molecule has 3 N–H and O–H groups in total. The second-order valence-corrected chi connectivity index (χ2v) is 9.58. The summed E-state index contributed by atoms with van der Waals surface area (Å²) in [4.78, 5) is 11.0. The number of ether oxygens (including phenoxy) is 1. The van der Waals surface area contributed by atoms with Crippen molar-refractivity contribution in [3.63, 3.8) is 0 Å². The van der Waals surface area contributed by atoms with E-state index in [0.717, 1.165) is 25.6 Å². The highest BCUT2D eigenvalue weighted by molar-refractivity contribution is 5.61. The van der Waals surface area contributed by atoms with Crippen LogP contribution in [0.2, 0.25) is 0 Å². The zero-order chi connectivity index (χ0) is 23.6. The molecule has 3 heterocycles. The fourth-order valence-electron chi connectivity index (χ4n) is 5.00. The predicted molar refractivity (Wildman–Crippen MR) is 124 cm³/mol. The summed E-state index contributed by atoms with van der Waals surface area (Å²) in [5.41, 5.74) is 0.952. The van der Waals surface area contributed by atoms with Gasteiger partial charge in [-0.05, 0) is 71.2 Å². The first-order valence-electron chi connectivity index (χ1n) is 11.4. The highest BCUT2D eigenvalue weighted by Crippen LogP contribution is 2.38. The van der Waals surface area contributed by atoms with E-state index in [1.807, 2.05) is 0 Å². The lowest BCUT2D eigenvalue weighted by molar-refractivity contribution is 0.0500. The number of benzene rings is 1. The van der Waals surface area contributed by atoms with Gasteiger partial charge < -0.3 is 20.5 Å². The van der Waals surface area contributed by atoms with E-state index in [0.29, 0.717) is 23.0 Å². The van der Waals surface area contributed by atoms with Crippen molar-refractivity contribution < 1.29 is 14.2 Å². The van der Waals surface area contributed by atoms with Crippen LogP contribution in [0.3, 0.4) is 0 Å². The molecule has 0 saturated carbocycles. The summed E-state index contributed by atoms with van der Waals surface area (Å²) in [6, 6.07) is 7.70. The molecule has 2 aromatic rings. The minimum atomic E-state index is -0.639. The van der Waals surface area contributed by atoms with Crippen LogP contribution in [0.1, 0.15) is 52.0 Å². The standard InChI is InChI=1S/C24H31FN6O2/c1-15(32)14-33-21-7-6-17(9-16(21)12-26)29-23-27-13-20(25)22(30-23)28-18-10-19-5-4-8-31(19)24(2,3)11-18/h6-7,9,13,15,18-19,32H,4-5,8,10-11,14H2,1-3H3,(H2,27,28,29,30)/t15?,18-,19+/m1/s1. The number of halogens is 1. The third kappa shape index (κ3) is 5.34. The summed E-state index contributed by atoms with van der Waals surface area (Å²) < 4.78 is 20.0. The Morgan fingerprint density at radius 2 is 2.24 bits per heavy atom. The molecule has 33 heavy (non-hydrogen) atoms. The Kier molecular flexibility index (Phi) is 6.68. The number of aliphatic hydroxyl groups excluding tert-OH is 1. The average Bonchev–Trinajstić information content (AvgIpc) is 3.24. The number of hydrogen-bond acceptors (Lipinski definition) is 8. The number of fused-ring (bicyclic) bond motifs is 1. The normalized spacial score (nSPS) is 22.8. The molecule has 3 atom stereocenters. The van der Waals surface area contributed by atoms with E-state index in [-0.39, 0.29) is 30.0 Å². The maximum Gasteiger partial charge on any atom is 0.229 e. The molecule has 2 aliphatic heterocycles. The Hall–Kier alpha value is -2.96. The summed E-state index contributed by atoms with van der Waals surface area (Å²) in [7, 11) is 0. The van der Waals surface area contributed by atoms with Gasteiger partial charge in [0.15, 0.2) is 11.6 Å². The third-order valence-electron chi connectivity index (χ3n) is 6.38. The van der Waals surface area contributed by atoms with Crippen LogP contribution in [0.5, 0.6) is 5.75 Å². The van der Waals surface area contributed by atoms with Crippen LogP contribution in [-0.2, 0) is 0 Å². The molecule has 8 nitrogen and oxygen atoms in total. The molecular weight excluding hydrogens is 423 g/mol. The minimum absolute atomic E-state index is 0.0625. The van der Waals surface area contributed by atoms with Crippen LogP contribution in [0.15, 0.2) is 24.4 Å². The van der Waals surface area contributed by atoms with E-state index in [4.69, 9.17) is 4.74 Å². The minimum Gasteiger partial charge on any atom is -0.490 e. The molecule has 1 aromatic carbocycles. The van der Waals surface area contributed by atoms with Crippen LogP contribution in [0, 0.1) is 17.1 Å². The van der Waals surface area contributed by atoms with Gasteiger partial charge in [0.2, 0.25) is 5.95 Å². The summed E-state index contributed by atoms with van der Waals surface area (Å²) in [5, 5.41) is 25.2. The van der Waals surface area contributed by atoms with Crippen LogP contribution in [-0.4, -0.2) is 56.9 Å². The van der Waals surface area contributed by atoms with Crippen molar-refractivity contribution in [2.75, 3.05) is 23.8 Å². The third-order valence-corrected chi connectivity index (χ3v) is 6.38. The van der Waals surface area contributed by atoms with Crippen molar-refractivity contribution in [1.82, 2.24) is 14.9 Å². The summed E-state index contributed by atoms with van der Waals surface area (Å²) in [5.74, 6) is 0.300. The van der Waals surface area contributed by atoms with Gasteiger partial charge in [-0.3, -0.25) is 4.90 Å². The molecule has 0 amide bonds. The topological polar surface area (TPSA) is 106 Å². The summed E-state index contributed by atoms with van der Waals surface area (Å²) >= 11 is 0. The molecule has 1 unspecified atom stereocenters. The van der Waals surface area contributed by atoms with E-state index in [9.17, 15) is 14.8 Å². The summed E-state index contributed by atoms with van der Waals surface area (Å²) in [6.07, 6.45) is 4.78. The van der Waals surface area contributed by atoms with Crippen LogP contribution >= 0.6 is 0 Å². The lowest BCUT2D eigenvalue weighted by Gasteiger charge is -2.47. The van der Waals surface area contributed by atoms with E-state index in [2.05, 4.69) is 45.4 Å². The van der Waals surface area contributed by atoms with Gasteiger partial charge in [0, 0.05) is 23.3 Å². The number of aliphatic hydroxyl groups is 1. The van der Waals surface area contributed by atoms with Gasteiger partial charge in [-0.1, -0.05) is 0 Å². The number of rotatable bonds is 7. The smallest absolute Gasteiger partial charge is 0.229 e. The molecule has 2 aliphatic rings. The fourth-order valence-corrected chi connectivity index (χ4v) is 5.00. The predicted octanol–water partition coefficient (Wildman–Crippen LogP) is 3.81. The van der Waals surface area contributed by atoms with Gasteiger partial charge in [-0.25, -0.2) is 9.37 Å². The molecular formula is C24H31FN6O2. The van der Waals surface area contributed by atoms with Crippen molar-refractivity contribution >= 4 is 17.5 Å². The monoisotopic (exact) mass is 454 g/mol. The van der Waals surface area contributed by atoms with Gasteiger partial charge in [0.05, 0.1) is 17.9 Å². The van der Waals surface area contributed by atoms with E-state index >= 15 is 0 Å². The molecule has 0 spiro atoms. The van der Waals surface area contributed by atoms with Crippen LogP contribution < -0.4 is 15.4 Å². The number of nitrogens with zero attached hydrogens (tertiary/aromatic N) is 4. The number of anilines is 3. The first-order chi connectivity index (χ1) is 15.7. The second kappa shape index (κ2) is 9.49. The molecule has 4 rings (SSSR count). The first-order valence-corrected chi connectivity index (χ1v) is 11.4. The zero-order valence-electron chi connectivity index (χ0n) is 19.3. The zero-order valence-corrected chi connectivity index (χ0v) is 19.3. The fraction of sp³-hybridized carbons (Fsp3) is 0.542. The Bertz CT molecular complexity index is 1040. The second-order valence-electron chi connectivity index (χ2n) is 9.58. The largest absolute Gasteiger partial charge is 0.490 e. The maximum absolute atomic E-state index is 14.5. The van der Waals surface area contributed by atoms with Crippen molar-refractivity contribution in [2.45, 2.75) is 70.2 Å². The molecule has 0 radical (unpaired) electrons. The number of hydrogen-bond donors (Lipinski definition) is 3. The number of piperidine rings is 1. The molecule has 9 heteroatoms. The van der Waals surface area contributed by atoms with Crippen LogP contribution in [0.25, 0.3) is 0 Å². The van der Waals surface area contributed by atoms with Gasteiger partial charge in [-0.2, -0.15) is 10.2 Å². The number of nitrogens with one attached hydrogen (secondary N) is 2. The average molecular weight is 455 g/mol. The SMILES string of the molecule is CC(O)COc1ccc(Nc2ncc(F)c(N[C@@H]3C[C@@H]4CCCN4C(C)(C)C3)n2)cc1C#N. The maximum atomic E-state index is 14.5. The molecule has 0 bridgehead atoms. The van der Waals surface area contributed by atoms with Gasteiger partial charge in [-0.15, -0.1) is 0 Å². The summed E-state index contributed by atoms with van der Waals surface area (Å²) in [6.45, 7) is 7.34. The van der Waals surface area contributed by atoms with Gasteiger partial charge >= 0.3 is 0 Å². The Morgan fingerprint density at radius 3 is 3.00 bits per heavy atom. The molecule has 1 aromatic heterocycles. The Balaban J connectivity index is 1.47. The van der Waals surface area contributed by atoms with E-state index in [1.165, 1.54) is 12.8 Å². The lowest BCUT2D eigenvalue weighted by atomic mass is 9.84. The molecule has 176 valence electrons. The van der Waals surface area contributed by atoms with E-state index in [1.54, 1.807) is 25.1 Å². The molecule has 2 fully saturated rings. The first kappa shape index (κ1) is 23.2. The number of aromatic nitrogens is 2. The quantitative estimate of drug-likeness (QED) is 0.580. The van der Waals surface area contributed by atoms with Crippen molar-refractivity contribution in [3.05, 3.63) is 35.8 Å². The van der Waals surface area contributed by atoms with Crippen molar-refractivity contribution in [1.29, 1.82) is 5.26 Å². The number of nitriles is 1. The van der Waals surface area contributed by atoms with Crippen molar-refractivity contribution in [2.24, 2.45) is 0 Å². The van der Waals surface area contributed by atoms with Crippen LogP contribution in [0.4, 0.5) is 21.8 Å². The lowest BCUT2D eigenvalue weighted by Crippen LogP contribution is -2.55. The van der Waals surface area contributed by atoms with Crippen molar-refractivity contribution in [3.8, 4) is 11.8 Å².